The van der Waals surface area contributed by atoms with Gasteiger partial charge in [0.05, 0.1) is 22.5 Å². The smallest absolute Gasteiger partial charge is 0.255 e. The van der Waals surface area contributed by atoms with E-state index in [1.165, 1.54) is 12.4 Å². The molecule has 25 heavy (non-hydrogen) atoms. The number of amides is 1. The topological polar surface area (TPSA) is 85.8 Å². The van der Waals surface area contributed by atoms with Gasteiger partial charge in [-0.15, -0.1) is 0 Å². The number of benzene rings is 1. The monoisotopic (exact) mass is 359 g/mol. The molecule has 0 radical (unpaired) electrons. The fourth-order valence-electron chi connectivity index (χ4n) is 3.46. The first-order valence-electron chi connectivity index (χ1n) is 7.81. The van der Waals surface area contributed by atoms with Gasteiger partial charge < -0.3 is 15.6 Å². The molecule has 1 amide bonds. The average molecular weight is 360 g/mol. The Bertz CT molecular complexity index is 1040. The molecule has 0 bridgehead atoms. The second kappa shape index (κ2) is 5.42. The first-order chi connectivity index (χ1) is 11.9. The molecule has 0 spiro atoms. The van der Waals surface area contributed by atoms with E-state index in [0.29, 0.717) is 22.2 Å². The molecule has 2 aromatic heterocycles. The lowest BCUT2D eigenvalue weighted by Crippen LogP contribution is -2.24. The van der Waals surface area contributed by atoms with Crippen molar-refractivity contribution in [3.8, 4) is 11.1 Å². The maximum Gasteiger partial charge on any atom is 0.255 e. The molecule has 128 valence electrons. The summed E-state index contributed by atoms with van der Waals surface area (Å²) >= 11 is 5.89. The van der Waals surface area contributed by atoms with Crippen molar-refractivity contribution in [2.24, 2.45) is 0 Å². The van der Waals surface area contributed by atoms with Crippen molar-refractivity contribution in [1.82, 2.24) is 19.9 Å². The van der Waals surface area contributed by atoms with Gasteiger partial charge in [0.15, 0.2) is 5.82 Å². The number of nitrogens with two attached hydrogens (primary N) is 1. The van der Waals surface area contributed by atoms with Crippen molar-refractivity contribution in [2.45, 2.75) is 26.4 Å². The van der Waals surface area contributed by atoms with E-state index in [-0.39, 0.29) is 29.0 Å². The van der Waals surface area contributed by atoms with Crippen LogP contribution in [0.2, 0.25) is 5.02 Å². The molecule has 8 heteroatoms. The summed E-state index contributed by atoms with van der Waals surface area (Å²) in [7, 11) is 0. The number of carbonyl (C=O) groups is 1. The van der Waals surface area contributed by atoms with Crippen LogP contribution in [0, 0.1) is 5.82 Å². The molecule has 0 atom stereocenters. The second-order valence-electron chi connectivity index (χ2n) is 6.21. The van der Waals surface area contributed by atoms with E-state index in [9.17, 15) is 9.18 Å². The van der Waals surface area contributed by atoms with Gasteiger partial charge in [-0.05, 0) is 19.9 Å². The normalized spacial score (nSPS) is 13.6. The number of hydrogen-bond donors (Lipinski definition) is 2. The quantitative estimate of drug-likeness (QED) is 0.698. The molecule has 3 heterocycles. The minimum Gasteiger partial charge on any atom is -0.383 e. The molecule has 1 aliphatic heterocycles. The molecule has 0 fully saturated rings. The Morgan fingerprint density at radius 1 is 1.32 bits per heavy atom. The van der Waals surface area contributed by atoms with E-state index in [1.54, 1.807) is 6.07 Å². The van der Waals surface area contributed by atoms with Crippen molar-refractivity contribution >= 4 is 34.4 Å². The van der Waals surface area contributed by atoms with Crippen LogP contribution in [0.25, 0.3) is 22.2 Å². The van der Waals surface area contributed by atoms with Gasteiger partial charge in [-0.25, -0.2) is 14.4 Å². The number of aromatic nitrogens is 3. The van der Waals surface area contributed by atoms with Crippen LogP contribution in [0.4, 0.5) is 10.2 Å². The van der Waals surface area contributed by atoms with E-state index in [2.05, 4.69) is 15.3 Å². The molecule has 1 aliphatic rings. The molecule has 0 saturated carbocycles. The summed E-state index contributed by atoms with van der Waals surface area (Å²) in [5.74, 6) is -0.966. The van der Waals surface area contributed by atoms with Gasteiger partial charge in [0, 0.05) is 22.9 Å². The molecule has 0 aliphatic carbocycles. The Morgan fingerprint density at radius 3 is 2.80 bits per heavy atom. The van der Waals surface area contributed by atoms with Crippen molar-refractivity contribution in [2.75, 3.05) is 5.73 Å². The van der Waals surface area contributed by atoms with Crippen molar-refractivity contribution < 1.29 is 9.18 Å². The average Bonchev–Trinajstić information content (AvgIpc) is 2.83. The molecule has 0 unspecified atom stereocenters. The zero-order valence-corrected chi connectivity index (χ0v) is 14.4. The molecular formula is C17H15ClFN5O. The van der Waals surface area contributed by atoms with Crippen LogP contribution in [0.5, 0.6) is 0 Å². The summed E-state index contributed by atoms with van der Waals surface area (Å²) in [6.07, 6.45) is 1.40. The molecule has 4 rings (SSSR count). The van der Waals surface area contributed by atoms with Crippen molar-refractivity contribution in [3.63, 3.8) is 0 Å². The van der Waals surface area contributed by atoms with E-state index < -0.39 is 11.7 Å². The largest absolute Gasteiger partial charge is 0.383 e. The maximum absolute atomic E-state index is 14.6. The Hall–Kier alpha value is -2.67. The van der Waals surface area contributed by atoms with E-state index in [1.807, 2.05) is 18.4 Å². The van der Waals surface area contributed by atoms with Crippen LogP contribution in [-0.2, 0) is 6.54 Å². The fraction of sp³-hybridized carbons (Fsp3) is 0.235. The predicted octanol–water partition coefficient (Wildman–Crippen LogP) is 3.30. The van der Waals surface area contributed by atoms with Gasteiger partial charge in [-0.3, -0.25) is 4.79 Å². The SMILES string of the molecule is CC(C)n1c2c(c3c(N)ncnc31)-c1ccc(Cl)c(F)c1C(=O)NC2. The van der Waals surface area contributed by atoms with Crippen molar-refractivity contribution in [3.05, 3.63) is 40.6 Å². The lowest BCUT2D eigenvalue weighted by Gasteiger charge is -2.14. The number of fused-ring (bicyclic) bond motifs is 5. The number of carbonyl (C=O) groups excluding carboxylic acids is 1. The maximum atomic E-state index is 14.6. The van der Waals surface area contributed by atoms with Gasteiger partial charge in [-0.2, -0.15) is 0 Å². The lowest BCUT2D eigenvalue weighted by molar-refractivity contribution is 0.0948. The summed E-state index contributed by atoms with van der Waals surface area (Å²) < 4.78 is 16.6. The molecule has 3 aromatic rings. The zero-order valence-electron chi connectivity index (χ0n) is 13.6. The standard InChI is InChI=1S/C17H15ClFN5O/c1-7(2)24-10-5-21-17(25)12-8(3-4-9(18)14(12)19)11(10)13-15(20)22-6-23-16(13)24/h3-4,6-7H,5H2,1-2H3,(H,21,25)(H2,20,22,23). The zero-order chi connectivity index (χ0) is 17.9. The minimum absolute atomic E-state index is 0.0659. The second-order valence-corrected chi connectivity index (χ2v) is 6.62. The Labute approximate surface area is 147 Å². The highest BCUT2D eigenvalue weighted by Gasteiger charge is 2.31. The summed E-state index contributed by atoms with van der Waals surface area (Å²) in [6, 6.07) is 3.15. The van der Waals surface area contributed by atoms with E-state index >= 15 is 0 Å². The predicted molar refractivity (Wildman–Crippen MR) is 93.9 cm³/mol. The molecule has 3 N–H and O–H groups in total. The van der Waals surface area contributed by atoms with Gasteiger partial charge in [0.2, 0.25) is 0 Å². The van der Waals surface area contributed by atoms with Crippen LogP contribution in [0.3, 0.4) is 0 Å². The highest BCUT2D eigenvalue weighted by Crippen LogP contribution is 2.42. The number of anilines is 1. The number of rotatable bonds is 1. The van der Waals surface area contributed by atoms with Crippen LogP contribution >= 0.6 is 11.6 Å². The fourth-order valence-corrected chi connectivity index (χ4v) is 3.62. The molecule has 1 aromatic carbocycles. The molecular weight excluding hydrogens is 345 g/mol. The first-order valence-corrected chi connectivity index (χ1v) is 8.19. The Kier molecular flexibility index (Phi) is 3.43. The molecule has 0 saturated heterocycles. The number of hydrogen-bond acceptors (Lipinski definition) is 4. The van der Waals surface area contributed by atoms with Gasteiger partial charge >= 0.3 is 0 Å². The highest BCUT2D eigenvalue weighted by atomic mass is 35.5. The first kappa shape index (κ1) is 15.8. The highest BCUT2D eigenvalue weighted by molar-refractivity contribution is 6.31. The van der Waals surface area contributed by atoms with Crippen LogP contribution in [0.15, 0.2) is 18.5 Å². The Balaban J connectivity index is 2.22. The van der Waals surface area contributed by atoms with E-state index in [0.717, 1.165) is 5.69 Å². The van der Waals surface area contributed by atoms with Crippen molar-refractivity contribution in [1.29, 1.82) is 0 Å². The summed E-state index contributed by atoms with van der Waals surface area (Å²) in [5.41, 5.74) is 8.61. The third kappa shape index (κ3) is 2.12. The molecule has 6 nitrogen and oxygen atoms in total. The van der Waals surface area contributed by atoms with Crippen LogP contribution in [0.1, 0.15) is 35.9 Å². The van der Waals surface area contributed by atoms with Gasteiger partial charge in [0.1, 0.15) is 17.8 Å². The number of nitrogens with zero attached hydrogens (tertiary/aromatic N) is 3. The number of nitrogen functional groups attached to an aromatic ring is 1. The minimum atomic E-state index is -0.745. The summed E-state index contributed by atoms with van der Waals surface area (Å²) in [5, 5.41) is 3.27. The van der Waals surface area contributed by atoms with Gasteiger partial charge in [-0.1, -0.05) is 17.7 Å². The van der Waals surface area contributed by atoms with E-state index in [4.69, 9.17) is 17.3 Å². The third-order valence-corrected chi connectivity index (χ3v) is 4.73. The summed E-state index contributed by atoms with van der Waals surface area (Å²) in [4.78, 5) is 20.9. The summed E-state index contributed by atoms with van der Waals surface area (Å²) in [6.45, 7) is 4.25. The lowest BCUT2D eigenvalue weighted by atomic mass is 9.97. The number of halogens is 2. The van der Waals surface area contributed by atoms with Crippen LogP contribution in [-0.4, -0.2) is 20.4 Å². The third-order valence-electron chi connectivity index (χ3n) is 4.44. The number of nitrogens with one attached hydrogen (secondary N) is 1. The Morgan fingerprint density at radius 2 is 2.08 bits per heavy atom. The van der Waals surface area contributed by atoms with Gasteiger partial charge in [0.25, 0.3) is 5.91 Å². The van der Waals surface area contributed by atoms with Crippen LogP contribution < -0.4 is 11.1 Å².